The highest BCUT2D eigenvalue weighted by Gasteiger charge is 2.08. The summed E-state index contributed by atoms with van der Waals surface area (Å²) in [5, 5.41) is 11.6. The summed E-state index contributed by atoms with van der Waals surface area (Å²) >= 11 is 0. The van der Waals surface area contributed by atoms with Gasteiger partial charge in [-0.25, -0.2) is 0 Å². The zero-order valence-electron chi connectivity index (χ0n) is 13.8. The fourth-order valence-corrected chi connectivity index (χ4v) is 2.53. The number of benzene rings is 2. The topological polar surface area (TPSA) is 56.1 Å². The molecule has 4 nitrogen and oxygen atoms in total. The van der Waals surface area contributed by atoms with E-state index < -0.39 is 0 Å². The van der Waals surface area contributed by atoms with Crippen LogP contribution in [0.2, 0.25) is 0 Å². The summed E-state index contributed by atoms with van der Waals surface area (Å²) in [5.74, 6) is -0.0854. The van der Waals surface area contributed by atoms with E-state index in [2.05, 4.69) is 22.9 Å². The van der Waals surface area contributed by atoms with E-state index in [1.165, 1.54) is 0 Å². The van der Waals surface area contributed by atoms with Crippen LogP contribution in [0.3, 0.4) is 0 Å². The lowest BCUT2D eigenvalue weighted by molar-refractivity contribution is 0.0963. The predicted octanol–water partition coefficient (Wildman–Crippen LogP) is 3.11. The van der Waals surface area contributed by atoms with Crippen molar-refractivity contribution in [3.8, 4) is 6.07 Å². The number of nitriles is 1. The third-order valence-corrected chi connectivity index (χ3v) is 3.70. The fraction of sp³-hybridized carbons (Fsp3) is 0.200. The normalized spacial score (nSPS) is 10.2. The molecular formula is C20H21N3O. The molecule has 0 radical (unpaired) electrons. The Morgan fingerprint density at radius 2 is 1.92 bits per heavy atom. The highest BCUT2D eigenvalue weighted by atomic mass is 16.1. The standard InChI is InChI=1S/C20H21N3O/c1-3-11-23(15-18-6-4-5-17(12-18)13-21)14-16-7-9-19(10-8-16)20(24)22-2/h3-10,12H,1,11,14-15H2,2H3,(H,22,24). The number of carbonyl (C=O) groups is 1. The van der Waals surface area contributed by atoms with E-state index in [0.29, 0.717) is 11.1 Å². The first-order chi connectivity index (χ1) is 11.7. The maximum absolute atomic E-state index is 11.6. The lowest BCUT2D eigenvalue weighted by atomic mass is 10.1. The van der Waals surface area contributed by atoms with E-state index in [0.717, 1.165) is 30.8 Å². The van der Waals surface area contributed by atoms with Gasteiger partial charge in [-0.05, 0) is 35.4 Å². The van der Waals surface area contributed by atoms with Crippen LogP contribution in [0.25, 0.3) is 0 Å². The van der Waals surface area contributed by atoms with Crippen LogP contribution in [-0.4, -0.2) is 24.4 Å². The average molecular weight is 319 g/mol. The molecule has 0 saturated carbocycles. The molecule has 122 valence electrons. The predicted molar refractivity (Wildman–Crippen MR) is 95.3 cm³/mol. The van der Waals surface area contributed by atoms with Gasteiger partial charge < -0.3 is 5.32 Å². The second kappa shape index (κ2) is 8.66. The van der Waals surface area contributed by atoms with E-state index in [9.17, 15) is 4.79 Å². The lowest BCUT2D eigenvalue weighted by Crippen LogP contribution is -2.23. The first kappa shape index (κ1) is 17.5. The average Bonchev–Trinajstić information content (AvgIpc) is 2.62. The van der Waals surface area contributed by atoms with Crippen molar-refractivity contribution >= 4 is 5.91 Å². The molecule has 2 rings (SSSR count). The third-order valence-electron chi connectivity index (χ3n) is 3.70. The Kier molecular flexibility index (Phi) is 6.30. The Morgan fingerprint density at radius 1 is 1.21 bits per heavy atom. The van der Waals surface area contributed by atoms with Gasteiger partial charge in [-0.3, -0.25) is 9.69 Å². The van der Waals surface area contributed by atoms with Gasteiger partial charge in [-0.2, -0.15) is 5.26 Å². The number of amides is 1. The highest BCUT2D eigenvalue weighted by molar-refractivity contribution is 5.93. The third kappa shape index (κ3) is 4.80. The first-order valence-corrected chi connectivity index (χ1v) is 7.79. The Hall–Kier alpha value is -2.90. The van der Waals surface area contributed by atoms with Gasteiger partial charge >= 0.3 is 0 Å². The minimum Gasteiger partial charge on any atom is -0.355 e. The van der Waals surface area contributed by atoms with Crippen LogP contribution in [0.4, 0.5) is 0 Å². The van der Waals surface area contributed by atoms with Gasteiger partial charge in [0.1, 0.15) is 0 Å². The maximum Gasteiger partial charge on any atom is 0.251 e. The molecular weight excluding hydrogens is 298 g/mol. The van der Waals surface area contributed by atoms with E-state index in [4.69, 9.17) is 5.26 Å². The Bertz CT molecular complexity index is 744. The number of nitrogens with zero attached hydrogens (tertiary/aromatic N) is 2. The zero-order valence-corrected chi connectivity index (χ0v) is 13.8. The summed E-state index contributed by atoms with van der Waals surface area (Å²) in [6.45, 7) is 6.04. The molecule has 2 aromatic carbocycles. The van der Waals surface area contributed by atoms with Crippen LogP contribution in [-0.2, 0) is 13.1 Å². The number of hydrogen-bond acceptors (Lipinski definition) is 3. The van der Waals surface area contributed by atoms with Gasteiger partial charge in [0.05, 0.1) is 11.6 Å². The molecule has 1 N–H and O–H groups in total. The molecule has 0 aliphatic rings. The molecule has 0 spiro atoms. The van der Waals surface area contributed by atoms with Gasteiger partial charge in [-0.1, -0.05) is 30.3 Å². The van der Waals surface area contributed by atoms with Crippen LogP contribution in [0.1, 0.15) is 27.0 Å². The SMILES string of the molecule is C=CCN(Cc1ccc(C(=O)NC)cc1)Cc1cccc(C#N)c1. The Balaban J connectivity index is 2.09. The largest absolute Gasteiger partial charge is 0.355 e. The monoisotopic (exact) mass is 319 g/mol. The summed E-state index contributed by atoms with van der Waals surface area (Å²) in [5.41, 5.74) is 3.54. The van der Waals surface area contributed by atoms with Crippen LogP contribution >= 0.6 is 0 Å². The van der Waals surface area contributed by atoms with Crippen LogP contribution in [0, 0.1) is 11.3 Å². The highest BCUT2D eigenvalue weighted by Crippen LogP contribution is 2.12. The van der Waals surface area contributed by atoms with Crippen molar-refractivity contribution in [2.24, 2.45) is 0 Å². The molecule has 0 atom stereocenters. The lowest BCUT2D eigenvalue weighted by Gasteiger charge is -2.21. The van der Waals surface area contributed by atoms with E-state index in [-0.39, 0.29) is 5.91 Å². The fourth-order valence-electron chi connectivity index (χ4n) is 2.53. The molecule has 0 unspecified atom stereocenters. The molecule has 0 aliphatic heterocycles. The van der Waals surface area contributed by atoms with Crippen molar-refractivity contribution in [2.75, 3.05) is 13.6 Å². The van der Waals surface area contributed by atoms with Crippen molar-refractivity contribution in [3.63, 3.8) is 0 Å². The maximum atomic E-state index is 11.6. The number of nitrogens with one attached hydrogen (secondary N) is 1. The molecule has 0 fully saturated rings. The van der Waals surface area contributed by atoms with Crippen LogP contribution in [0.15, 0.2) is 61.2 Å². The van der Waals surface area contributed by atoms with Crippen molar-refractivity contribution in [3.05, 3.63) is 83.4 Å². The van der Waals surface area contributed by atoms with Crippen molar-refractivity contribution < 1.29 is 4.79 Å². The molecule has 0 bridgehead atoms. The Labute approximate surface area is 143 Å². The molecule has 0 heterocycles. The van der Waals surface area contributed by atoms with Crippen molar-refractivity contribution in [2.45, 2.75) is 13.1 Å². The number of rotatable bonds is 7. The van der Waals surface area contributed by atoms with Gasteiger partial charge in [-0.15, -0.1) is 6.58 Å². The minimum absolute atomic E-state index is 0.0854. The number of hydrogen-bond donors (Lipinski definition) is 1. The molecule has 0 aliphatic carbocycles. The molecule has 0 saturated heterocycles. The van der Waals surface area contributed by atoms with Crippen LogP contribution in [0.5, 0.6) is 0 Å². The minimum atomic E-state index is -0.0854. The Morgan fingerprint density at radius 3 is 2.54 bits per heavy atom. The van der Waals surface area contributed by atoms with Crippen molar-refractivity contribution in [1.82, 2.24) is 10.2 Å². The summed E-state index contributed by atoms with van der Waals surface area (Å²) in [6, 6.07) is 17.4. The summed E-state index contributed by atoms with van der Waals surface area (Å²) in [4.78, 5) is 13.8. The molecule has 1 amide bonds. The van der Waals surface area contributed by atoms with Gasteiger partial charge in [0.15, 0.2) is 0 Å². The van der Waals surface area contributed by atoms with Crippen molar-refractivity contribution in [1.29, 1.82) is 5.26 Å². The molecule has 2 aromatic rings. The summed E-state index contributed by atoms with van der Waals surface area (Å²) in [7, 11) is 1.62. The second-order valence-corrected chi connectivity index (χ2v) is 5.55. The number of carbonyl (C=O) groups excluding carboxylic acids is 1. The molecule has 4 heteroatoms. The second-order valence-electron chi connectivity index (χ2n) is 5.55. The van der Waals surface area contributed by atoms with E-state index in [1.807, 2.05) is 48.5 Å². The molecule has 0 aromatic heterocycles. The van der Waals surface area contributed by atoms with E-state index in [1.54, 1.807) is 13.1 Å². The smallest absolute Gasteiger partial charge is 0.251 e. The van der Waals surface area contributed by atoms with Gasteiger partial charge in [0.2, 0.25) is 0 Å². The first-order valence-electron chi connectivity index (χ1n) is 7.79. The molecule has 24 heavy (non-hydrogen) atoms. The van der Waals surface area contributed by atoms with E-state index >= 15 is 0 Å². The van der Waals surface area contributed by atoms with Gasteiger partial charge in [0, 0.05) is 32.2 Å². The summed E-state index contributed by atoms with van der Waals surface area (Å²) in [6.07, 6.45) is 1.87. The quantitative estimate of drug-likeness (QED) is 0.798. The van der Waals surface area contributed by atoms with Crippen LogP contribution < -0.4 is 5.32 Å². The zero-order chi connectivity index (χ0) is 17.4. The summed E-state index contributed by atoms with van der Waals surface area (Å²) < 4.78 is 0. The van der Waals surface area contributed by atoms with Gasteiger partial charge in [0.25, 0.3) is 5.91 Å².